The number of ketones is 1. The van der Waals surface area contributed by atoms with Crippen LogP contribution >= 0.6 is 11.6 Å². The zero-order valence-corrected chi connectivity index (χ0v) is 10.5. The van der Waals surface area contributed by atoms with E-state index < -0.39 is 12.2 Å². The maximum absolute atomic E-state index is 10.9. The van der Waals surface area contributed by atoms with Crippen LogP contribution in [0.25, 0.3) is 0 Å². The topological polar surface area (TPSA) is 57.5 Å². The third kappa shape index (κ3) is 4.46. The zero-order chi connectivity index (χ0) is 12.8. The van der Waals surface area contributed by atoms with Gasteiger partial charge < -0.3 is 10.2 Å². The van der Waals surface area contributed by atoms with E-state index in [2.05, 4.69) is 0 Å². The lowest BCUT2D eigenvalue weighted by Crippen LogP contribution is -2.18. The molecule has 0 amide bonds. The first kappa shape index (κ1) is 14.2. The first-order valence-corrected chi connectivity index (χ1v) is 6.08. The molecule has 94 valence electrons. The minimum Gasteiger partial charge on any atom is -0.390 e. The van der Waals surface area contributed by atoms with Crippen LogP contribution < -0.4 is 0 Å². The summed E-state index contributed by atoms with van der Waals surface area (Å²) in [4.78, 5) is 10.9. The minimum atomic E-state index is -0.930. The minimum absolute atomic E-state index is 0.0977. The summed E-state index contributed by atoms with van der Waals surface area (Å²) >= 11 is 5.50. The van der Waals surface area contributed by atoms with Gasteiger partial charge in [-0.15, -0.1) is 11.6 Å². The SMILES string of the molecule is CC(=O)Cc1ccc(C(O)C(O)CCCl)cc1. The lowest BCUT2D eigenvalue weighted by atomic mass is 10.00. The van der Waals surface area contributed by atoms with E-state index in [-0.39, 0.29) is 5.78 Å². The number of carbonyl (C=O) groups is 1. The summed E-state index contributed by atoms with van der Waals surface area (Å²) in [7, 11) is 0. The Morgan fingerprint density at radius 1 is 1.29 bits per heavy atom. The molecule has 0 bridgehead atoms. The fraction of sp³-hybridized carbons (Fsp3) is 0.462. The number of carbonyl (C=O) groups excluding carboxylic acids is 1. The molecule has 0 aliphatic heterocycles. The van der Waals surface area contributed by atoms with Gasteiger partial charge in [-0.05, 0) is 24.5 Å². The highest BCUT2D eigenvalue weighted by molar-refractivity contribution is 6.17. The van der Waals surface area contributed by atoms with Crippen LogP contribution in [-0.2, 0) is 11.2 Å². The van der Waals surface area contributed by atoms with Gasteiger partial charge in [0.1, 0.15) is 11.9 Å². The molecule has 0 saturated heterocycles. The summed E-state index contributed by atoms with van der Waals surface area (Å²) < 4.78 is 0. The van der Waals surface area contributed by atoms with Crippen molar-refractivity contribution in [3.63, 3.8) is 0 Å². The summed E-state index contributed by atoms with van der Waals surface area (Å²) in [6.07, 6.45) is -1.05. The molecule has 0 saturated carbocycles. The van der Waals surface area contributed by atoms with Crippen molar-refractivity contribution in [3.8, 4) is 0 Å². The maximum atomic E-state index is 10.9. The standard InChI is InChI=1S/C13H17ClO3/c1-9(15)8-10-2-4-11(5-3-10)13(17)12(16)6-7-14/h2-5,12-13,16-17H,6-8H2,1H3. The molecule has 1 aromatic rings. The highest BCUT2D eigenvalue weighted by Crippen LogP contribution is 2.20. The van der Waals surface area contributed by atoms with Gasteiger partial charge in [0.2, 0.25) is 0 Å². The number of benzene rings is 1. The van der Waals surface area contributed by atoms with Gasteiger partial charge in [0, 0.05) is 12.3 Å². The van der Waals surface area contributed by atoms with Crippen molar-refractivity contribution in [2.75, 3.05) is 5.88 Å². The van der Waals surface area contributed by atoms with Crippen LogP contribution in [0.3, 0.4) is 0 Å². The van der Waals surface area contributed by atoms with Gasteiger partial charge >= 0.3 is 0 Å². The Morgan fingerprint density at radius 3 is 2.35 bits per heavy atom. The van der Waals surface area contributed by atoms with Gasteiger partial charge in [0.15, 0.2) is 0 Å². The van der Waals surface area contributed by atoms with E-state index in [1.807, 2.05) is 0 Å². The van der Waals surface area contributed by atoms with Crippen LogP contribution in [0.4, 0.5) is 0 Å². The largest absolute Gasteiger partial charge is 0.390 e. The van der Waals surface area contributed by atoms with E-state index in [0.717, 1.165) is 5.56 Å². The summed E-state index contributed by atoms with van der Waals surface area (Å²) in [6, 6.07) is 7.02. The smallest absolute Gasteiger partial charge is 0.134 e. The summed E-state index contributed by atoms with van der Waals surface area (Å²) in [5.41, 5.74) is 1.54. The van der Waals surface area contributed by atoms with Crippen LogP contribution in [0, 0.1) is 0 Å². The van der Waals surface area contributed by atoms with Crippen LogP contribution in [-0.4, -0.2) is 28.0 Å². The number of aliphatic hydroxyl groups is 2. The van der Waals surface area contributed by atoms with Crippen molar-refractivity contribution in [1.82, 2.24) is 0 Å². The molecule has 4 heteroatoms. The van der Waals surface area contributed by atoms with Gasteiger partial charge in [-0.25, -0.2) is 0 Å². The van der Waals surface area contributed by atoms with Crippen LogP contribution in [0.5, 0.6) is 0 Å². The van der Waals surface area contributed by atoms with Crippen molar-refractivity contribution in [3.05, 3.63) is 35.4 Å². The fourth-order valence-corrected chi connectivity index (χ4v) is 1.84. The molecular formula is C13H17ClO3. The molecule has 1 aromatic carbocycles. The molecule has 17 heavy (non-hydrogen) atoms. The number of Topliss-reactive ketones (excluding diaryl/α,β-unsaturated/α-hetero) is 1. The van der Waals surface area contributed by atoms with Crippen LogP contribution in [0.15, 0.2) is 24.3 Å². The Bertz CT molecular complexity index is 361. The van der Waals surface area contributed by atoms with Gasteiger partial charge in [0.05, 0.1) is 6.10 Å². The zero-order valence-electron chi connectivity index (χ0n) is 9.77. The number of alkyl halides is 1. The first-order valence-electron chi connectivity index (χ1n) is 5.55. The molecule has 3 nitrogen and oxygen atoms in total. The van der Waals surface area contributed by atoms with Gasteiger partial charge in [-0.1, -0.05) is 24.3 Å². The molecule has 2 atom stereocenters. The molecule has 0 spiro atoms. The predicted molar refractivity (Wildman–Crippen MR) is 67.1 cm³/mol. The van der Waals surface area contributed by atoms with Gasteiger partial charge in [-0.3, -0.25) is 4.79 Å². The number of aliphatic hydroxyl groups excluding tert-OH is 2. The molecule has 0 aliphatic rings. The van der Waals surface area contributed by atoms with Crippen molar-refractivity contribution >= 4 is 17.4 Å². The van der Waals surface area contributed by atoms with Crippen molar-refractivity contribution in [2.24, 2.45) is 0 Å². The van der Waals surface area contributed by atoms with Crippen LogP contribution in [0.2, 0.25) is 0 Å². The van der Waals surface area contributed by atoms with E-state index in [0.29, 0.717) is 24.3 Å². The highest BCUT2D eigenvalue weighted by Gasteiger charge is 2.17. The molecule has 1 rings (SSSR count). The molecule has 0 aromatic heterocycles. The van der Waals surface area contributed by atoms with Crippen molar-refractivity contribution in [2.45, 2.75) is 32.0 Å². The predicted octanol–water partition coefficient (Wildman–Crippen LogP) is 1.84. The highest BCUT2D eigenvalue weighted by atomic mass is 35.5. The normalized spacial score (nSPS) is 14.4. The molecule has 2 N–H and O–H groups in total. The van der Waals surface area contributed by atoms with Crippen LogP contribution in [0.1, 0.15) is 30.6 Å². The average molecular weight is 257 g/mol. The fourth-order valence-electron chi connectivity index (χ4n) is 1.61. The third-order valence-electron chi connectivity index (χ3n) is 2.54. The van der Waals surface area contributed by atoms with Crippen molar-refractivity contribution in [1.29, 1.82) is 0 Å². The quantitative estimate of drug-likeness (QED) is 0.764. The molecule has 0 radical (unpaired) electrons. The molecule has 0 aliphatic carbocycles. The molecule has 2 unspecified atom stereocenters. The second-order valence-electron chi connectivity index (χ2n) is 4.11. The van der Waals surface area contributed by atoms with E-state index in [1.54, 1.807) is 24.3 Å². The van der Waals surface area contributed by atoms with E-state index in [4.69, 9.17) is 11.6 Å². The number of halogens is 1. The van der Waals surface area contributed by atoms with E-state index in [9.17, 15) is 15.0 Å². The Morgan fingerprint density at radius 2 is 1.88 bits per heavy atom. The van der Waals surface area contributed by atoms with E-state index >= 15 is 0 Å². The van der Waals surface area contributed by atoms with Crippen molar-refractivity contribution < 1.29 is 15.0 Å². The van der Waals surface area contributed by atoms with E-state index in [1.165, 1.54) is 6.92 Å². The monoisotopic (exact) mass is 256 g/mol. The molecule has 0 heterocycles. The maximum Gasteiger partial charge on any atom is 0.134 e. The molecule has 0 fully saturated rings. The second-order valence-corrected chi connectivity index (χ2v) is 4.49. The summed E-state index contributed by atoms with van der Waals surface area (Å²) in [6.45, 7) is 1.53. The first-order chi connectivity index (χ1) is 8.04. The lowest BCUT2D eigenvalue weighted by molar-refractivity contribution is -0.116. The Kier molecular flexibility index (Phi) is 5.62. The summed E-state index contributed by atoms with van der Waals surface area (Å²) in [5, 5.41) is 19.4. The second kappa shape index (κ2) is 6.74. The Hall–Kier alpha value is -0.900. The number of rotatable bonds is 6. The molecular weight excluding hydrogens is 240 g/mol. The van der Waals surface area contributed by atoms with Gasteiger partial charge in [-0.2, -0.15) is 0 Å². The van der Waals surface area contributed by atoms with Gasteiger partial charge in [0.25, 0.3) is 0 Å². The average Bonchev–Trinajstić information content (AvgIpc) is 2.28. The Labute approximate surface area is 106 Å². The Balaban J connectivity index is 2.69. The lowest BCUT2D eigenvalue weighted by Gasteiger charge is -2.17. The summed E-state index contributed by atoms with van der Waals surface area (Å²) in [5.74, 6) is 0.404. The number of hydrogen-bond acceptors (Lipinski definition) is 3. The number of hydrogen-bond donors (Lipinski definition) is 2. The third-order valence-corrected chi connectivity index (χ3v) is 2.76.